The van der Waals surface area contributed by atoms with Crippen LogP contribution in [0.4, 0.5) is 11.4 Å². The van der Waals surface area contributed by atoms with Crippen molar-refractivity contribution in [1.82, 2.24) is 20.4 Å². The molecule has 4 aromatic carbocycles. The lowest BCUT2D eigenvalue weighted by Gasteiger charge is -2.32. The van der Waals surface area contributed by atoms with E-state index in [1.807, 2.05) is 125 Å². The minimum Gasteiger partial charge on any atom is -0.399 e. The van der Waals surface area contributed by atoms with Gasteiger partial charge in [-0.25, -0.2) is 0 Å². The molecule has 2 amide bonds. The number of halogens is 1. The number of nitrogens with zero attached hydrogens (tertiary/aromatic N) is 4. The molecule has 0 aliphatic carbocycles. The summed E-state index contributed by atoms with van der Waals surface area (Å²) < 4.78 is 12.8. The Morgan fingerprint density at radius 3 is 1.63 bits per heavy atom. The molecular weight excluding hydrogens is 759 g/mol. The molecule has 6 aromatic rings. The van der Waals surface area contributed by atoms with E-state index in [9.17, 15) is 9.59 Å². The lowest BCUT2D eigenvalue weighted by atomic mass is 9.78. The third-order valence-corrected chi connectivity index (χ3v) is 11.6. The van der Waals surface area contributed by atoms with E-state index in [0.717, 1.165) is 63.6 Å². The van der Waals surface area contributed by atoms with Gasteiger partial charge in [-0.2, -0.15) is 0 Å². The molecular formula is C38H34BBrN6O4S2. The van der Waals surface area contributed by atoms with E-state index in [1.54, 1.807) is 11.3 Å². The molecule has 5 heterocycles. The lowest BCUT2D eigenvalue weighted by Crippen LogP contribution is -2.41. The van der Waals surface area contributed by atoms with Crippen LogP contribution in [0.15, 0.2) is 101 Å². The maximum absolute atomic E-state index is 11.4. The van der Waals surface area contributed by atoms with Crippen LogP contribution < -0.4 is 16.1 Å². The van der Waals surface area contributed by atoms with Crippen LogP contribution in [0.2, 0.25) is 0 Å². The molecule has 10 nitrogen and oxygen atoms in total. The van der Waals surface area contributed by atoms with Crippen molar-refractivity contribution >= 4 is 74.4 Å². The molecule has 0 atom stereocenters. The van der Waals surface area contributed by atoms with E-state index >= 15 is 0 Å². The van der Waals surface area contributed by atoms with Gasteiger partial charge in [0.1, 0.15) is 15.0 Å². The summed E-state index contributed by atoms with van der Waals surface area (Å²) >= 11 is 6.37. The van der Waals surface area contributed by atoms with Crippen molar-refractivity contribution < 1.29 is 18.9 Å². The van der Waals surface area contributed by atoms with Crippen molar-refractivity contribution in [2.24, 2.45) is 0 Å². The van der Waals surface area contributed by atoms with Crippen LogP contribution in [0.5, 0.6) is 0 Å². The van der Waals surface area contributed by atoms with Gasteiger partial charge >= 0.3 is 7.12 Å². The van der Waals surface area contributed by atoms with Crippen molar-refractivity contribution in [3.05, 3.63) is 112 Å². The number of carbonyl (C=O) groups is 2. The van der Waals surface area contributed by atoms with Crippen molar-refractivity contribution in [3.8, 4) is 31.7 Å². The number of fused-ring (bicyclic) bond motifs is 2. The molecule has 0 unspecified atom stereocenters. The molecule has 262 valence electrons. The van der Waals surface area contributed by atoms with Gasteiger partial charge in [0.2, 0.25) is 11.8 Å². The van der Waals surface area contributed by atoms with Crippen LogP contribution in [0.25, 0.3) is 31.7 Å². The van der Waals surface area contributed by atoms with Crippen molar-refractivity contribution in [2.45, 2.75) is 51.7 Å². The summed E-state index contributed by atoms with van der Waals surface area (Å²) in [5.41, 5.74) is 7.29. The Bertz CT molecular complexity index is 2230. The van der Waals surface area contributed by atoms with Gasteiger partial charge in [-0.1, -0.05) is 95.5 Å². The Kier molecular flexibility index (Phi) is 10.2. The van der Waals surface area contributed by atoms with E-state index in [-0.39, 0.29) is 30.1 Å². The normalized spacial score (nSPS) is 16.1. The van der Waals surface area contributed by atoms with Gasteiger partial charge in [0.25, 0.3) is 0 Å². The molecule has 1 saturated heterocycles. The third-order valence-electron chi connectivity index (χ3n) is 9.12. The van der Waals surface area contributed by atoms with Crippen molar-refractivity contribution in [3.63, 3.8) is 0 Å². The third kappa shape index (κ3) is 7.91. The average molecular weight is 794 g/mol. The van der Waals surface area contributed by atoms with Gasteiger partial charge in [-0.15, -0.1) is 20.4 Å². The molecule has 0 saturated carbocycles. The second kappa shape index (κ2) is 14.8. The summed E-state index contributed by atoms with van der Waals surface area (Å²) in [6, 6.07) is 31.8. The largest absolute Gasteiger partial charge is 0.494 e. The van der Waals surface area contributed by atoms with Gasteiger partial charge < -0.3 is 19.9 Å². The van der Waals surface area contributed by atoms with Gasteiger partial charge in [-0.3, -0.25) is 9.59 Å². The van der Waals surface area contributed by atoms with Gasteiger partial charge in [0.05, 0.1) is 24.0 Å². The van der Waals surface area contributed by atoms with Crippen LogP contribution in [-0.2, 0) is 31.7 Å². The fourth-order valence-electron chi connectivity index (χ4n) is 5.68. The summed E-state index contributed by atoms with van der Waals surface area (Å²) in [4.78, 5) is 22.8. The zero-order chi connectivity index (χ0) is 36.5. The molecule has 2 N–H and O–H groups in total. The monoisotopic (exact) mass is 792 g/mol. The minimum atomic E-state index is -0.369. The van der Waals surface area contributed by atoms with Crippen LogP contribution in [0, 0.1) is 0 Å². The van der Waals surface area contributed by atoms with E-state index in [4.69, 9.17) is 9.31 Å². The molecule has 3 aliphatic rings. The topological polar surface area (TPSA) is 128 Å². The standard InChI is InChI=1S/C16H11N3OS.C14H18BNO3.C8H5BrN2S/c20-14-9-12-8-11(6-7-13(12)17-14)16-19-18-15(21-16)10-4-2-1-3-5-10;1-13(2)14(3,4)19-15(18-13)10-5-6-11-9(7-10)8-12(17)16-11;9-8-11-10-7(12-8)6-4-2-1-3-5-6/h1-8H,9H2,(H,17,20);5-7H,8H2,1-4H3,(H,16,17);1-5H. The van der Waals surface area contributed by atoms with E-state index in [2.05, 4.69) is 47.0 Å². The Morgan fingerprint density at radius 1 is 0.615 bits per heavy atom. The zero-order valence-corrected chi connectivity index (χ0v) is 32.1. The number of aromatic nitrogens is 4. The number of amides is 2. The first-order valence-electron chi connectivity index (χ1n) is 16.6. The Balaban J connectivity index is 0.000000126. The quantitative estimate of drug-likeness (QED) is 0.173. The van der Waals surface area contributed by atoms with Crippen molar-refractivity contribution in [2.75, 3.05) is 10.6 Å². The lowest BCUT2D eigenvalue weighted by molar-refractivity contribution is -0.115. The average Bonchev–Trinajstić information content (AvgIpc) is 3.96. The Labute approximate surface area is 318 Å². The maximum atomic E-state index is 11.4. The maximum Gasteiger partial charge on any atom is 0.494 e. The minimum absolute atomic E-state index is 0.0427. The van der Waals surface area contributed by atoms with Crippen LogP contribution in [-0.4, -0.2) is 50.5 Å². The zero-order valence-electron chi connectivity index (χ0n) is 28.8. The second-order valence-corrected chi connectivity index (χ2v) is 16.6. The SMILES string of the molecule is Brc1nnc(-c2ccccc2)s1.CC1(C)OB(c2ccc3c(c2)CC(=O)N3)OC1(C)C.O=C1Cc2cc(-c3nnc(-c4ccccc4)s3)ccc2N1. The number of rotatable bonds is 4. The predicted octanol–water partition coefficient (Wildman–Crippen LogP) is 7.81. The molecule has 0 bridgehead atoms. The number of nitrogens with one attached hydrogen (secondary N) is 2. The number of benzene rings is 4. The van der Waals surface area contributed by atoms with E-state index in [1.165, 1.54) is 11.3 Å². The molecule has 1 fully saturated rings. The second-order valence-electron chi connectivity index (χ2n) is 13.3. The number of carbonyl (C=O) groups excluding carboxylic acids is 2. The molecule has 0 spiro atoms. The molecule has 52 heavy (non-hydrogen) atoms. The van der Waals surface area contributed by atoms with Gasteiger partial charge in [0.15, 0.2) is 3.92 Å². The number of anilines is 2. The van der Waals surface area contributed by atoms with E-state index in [0.29, 0.717) is 12.8 Å². The van der Waals surface area contributed by atoms with E-state index < -0.39 is 0 Å². The Hall–Kier alpha value is -4.60. The fourth-order valence-corrected chi connectivity index (χ4v) is 7.64. The Morgan fingerprint density at radius 2 is 1.10 bits per heavy atom. The summed E-state index contributed by atoms with van der Waals surface area (Å²) in [6.07, 6.45) is 0.871. The predicted molar refractivity (Wildman–Crippen MR) is 211 cm³/mol. The first-order valence-corrected chi connectivity index (χ1v) is 19.0. The van der Waals surface area contributed by atoms with Crippen LogP contribution in [0.3, 0.4) is 0 Å². The first-order chi connectivity index (χ1) is 24.9. The van der Waals surface area contributed by atoms with Crippen molar-refractivity contribution in [1.29, 1.82) is 0 Å². The summed E-state index contributed by atoms with van der Waals surface area (Å²) in [5.74, 6) is 0.0884. The summed E-state index contributed by atoms with van der Waals surface area (Å²) in [5, 5.41) is 24.8. The molecule has 0 radical (unpaired) electrons. The molecule has 9 rings (SSSR count). The molecule has 3 aliphatic heterocycles. The highest BCUT2D eigenvalue weighted by atomic mass is 79.9. The molecule has 2 aromatic heterocycles. The highest BCUT2D eigenvalue weighted by molar-refractivity contribution is 9.11. The smallest absolute Gasteiger partial charge is 0.399 e. The highest BCUT2D eigenvalue weighted by Gasteiger charge is 2.51. The van der Waals surface area contributed by atoms with Crippen LogP contribution >= 0.6 is 38.6 Å². The fraction of sp³-hybridized carbons (Fsp3) is 0.211. The summed E-state index contributed by atoms with van der Waals surface area (Å²) in [6.45, 7) is 8.13. The summed E-state index contributed by atoms with van der Waals surface area (Å²) in [7, 11) is -0.369. The number of hydrogen-bond acceptors (Lipinski definition) is 10. The highest BCUT2D eigenvalue weighted by Crippen LogP contribution is 2.37. The van der Waals surface area contributed by atoms with Crippen LogP contribution in [0.1, 0.15) is 38.8 Å². The first kappa shape index (κ1) is 35.8. The van der Waals surface area contributed by atoms with Gasteiger partial charge in [0, 0.05) is 28.1 Å². The number of hydrogen-bond donors (Lipinski definition) is 2. The van der Waals surface area contributed by atoms with Gasteiger partial charge in [-0.05, 0) is 84.5 Å². The molecule has 14 heteroatoms.